The Hall–Kier alpha value is -4.34. The number of rotatable bonds is 3. The highest BCUT2D eigenvalue weighted by atomic mass is 19.1. The normalized spacial score (nSPS) is 13.8. The molecule has 2 aromatic heterocycles. The van der Waals surface area contributed by atoms with Crippen molar-refractivity contribution < 1.29 is 9.18 Å². The zero-order chi connectivity index (χ0) is 23.7. The van der Waals surface area contributed by atoms with Gasteiger partial charge in [-0.25, -0.2) is 19.2 Å². The van der Waals surface area contributed by atoms with Gasteiger partial charge in [-0.15, -0.1) is 0 Å². The Labute approximate surface area is 195 Å². The maximum absolute atomic E-state index is 13.3. The third kappa shape index (κ3) is 4.42. The summed E-state index contributed by atoms with van der Waals surface area (Å²) in [5, 5.41) is 2.95. The largest absolute Gasteiger partial charge is 0.368 e. The molecule has 4 aromatic rings. The molecule has 0 spiro atoms. The predicted octanol–water partition coefficient (Wildman–Crippen LogP) is 3.47. The molecule has 2 aromatic carbocycles. The summed E-state index contributed by atoms with van der Waals surface area (Å²) < 4.78 is 13.3. The van der Waals surface area contributed by atoms with Crippen LogP contribution in [-0.4, -0.2) is 57.0 Å². The lowest BCUT2D eigenvalue weighted by Gasteiger charge is -2.35. The highest BCUT2D eigenvalue weighted by Crippen LogP contribution is 2.26. The molecular weight excluding hydrogens is 435 g/mol. The molecule has 0 bridgehead atoms. The molecule has 3 heterocycles. The summed E-state index contributed by atoms with van der Waals surface area (Å²) in [7, 11) is 0. The summed E-state index contributed by atoms with van der Waals surface area (Å²) in [5.41, 5.74) is 9.99. The highest BCUT2D eigenvalue weighted by Gasteiger charge is 2.25. The van der Waals surface area contributed by atoms with E-state index < -0.39 is 0 Å². The number of hydrogen-bond donors (Lipinski definition) is 2. The molecule has 34 heavy (non-hydrogen) atoms. The molecule has 0 atom stereocenters. The van der Waals surface area contributed by atoms with Crippen molar-refractivity contribution in [3.63, 3.8) is 0 Å². The van der Waals surface area contributed by atoms with Gasteiger partial charge in [-0.1, -0.05) is 12.1 Å². The van der Waals surface area contributed by atoms with Crippen molar-refractivity contribution in [2.45, 2.75) is 6.92 Å². The molecule has 0 saturated carbocycles. The van der Waals surface area contributed by atoms with Gasteiger partial charge in [-0.2, -0.15) is 9.97 Å². The number of aromatic nitrogens is 4. The lowest BCUT2D eigenvalue weighted by atomic mass is 10.1. The van der Waals surface area contributed by atoms with Gasteiger partial charge in [0.2, 0.25) is 5.95 Å². The number of nitrogen functional groups attached to an aromatic ring is 1. The van der Waals surface area contributed by atoms with Crippen molar-refractivity contribution in [2.75, 3.05) is 42.1 Å². The average Bonchev–Trinajstić information content (AvgIpc) is 2.84. The van der Waals surface area contributed by atoms with Gasteiger partial charge in [-0.3, -0.25) is 0 Å². The molecule has 1 aliphatic rings. The van der Waals surface area contributed by atoms with E-state index >= 15 is 0 Å². The number of nitrogens with one attached hydrogen (secondary N) is 1. The van der Waals surface area contributed by atoms with E-state index in [4.69, 9.17) is 10.7 Å². The van der Waals surface area contributed by atoms with Gasteiger partial charge >= 0.3 is 6.03 Å². The van der Waals surface area contributed by atoms with Crippen molar-refractivity contribution in [1.82, 2.24) is 24.8 Å². The molecule has 1 aliphatic heterocycles. The van der Waals surface area contributed by atoms with E-state index in [9.17, 15) is 9.18 Å². The third-order valence-corrected chi connectivity index (χ3v) is 5.68. The molecule has 10 heteroatoms. The van der Waals surface area contributed by atoms with Crippen LogP contribution >= 0.6 is 0 Å². The number of aryl methyl sites for hydroxylation is 1. The van der Waals surface area contributed by atoms with Gasteiger partial charge in [0, 0.05) is 37.4 Å². The van der Waals surface area contributed by atoms with Crippen molar-refractivity contribution in [1.29, 1.82) is 0 Å². The van der Waals surface area contributed by atoms with Gasteiger partial charge in [0.05, 0.1) is 11.9 Å². The molecule has 0 unspecified atom stereocenters. The number of piperazine rings is 1. The quantitative estimate of drug-likeness (QED) is 0.483. The Balaban J connectivity index is 1.36. The molecular formula is C24H23FN8O. The highest BCUT2D eigenvalue weighted by molar-refractivity contribution is 5.90. The molecule has 0 aliphatic carbocycles. The predicted molar refractivity (Wildman–Crippen MR) is 129 cm³/mol. The number of nitrogens with two attached hydrogens (primary N) is 1. The monoisotopic (exact) mass is 458 g/mol. The minimum atomic E-state index is -0.321. The minimum Gasteiger partial charge on any atom is -0.368 e. The summed E-state index contributed by atoms with van der Waals surface area (Å²) >= 11 is 0. The fourth-order valence-electron chi connectivity index (χ4n) is 3.94. The summed E-state index contributed by atoms with van der Waals surface area (Å²) in [6.07, 6.45) is 1.58. The number of urea groups is 1. The number of anilines is 3. The van der Waals surface area contributed by atoms with Crippen molar-refractivity contribution in [3.05, 3.63) is 66.1 Å². The van der Waals surface area contributed by atoms with E-state index in [1.54, 1.807) is 23.2 Å². The molecule has 3 N–H and O–H groups in total. The fraction of sp³-hybridized carbons (Fsp3) is 0.208. The number of carbonyl (C=O) groups excluding carboxylic acids is 1. The molecule has 0 radical (unpaired) electrons. The van der Waals surface area contributed by atoms with Crippen LogP contribution in [0.15, 0.2) is 54.7 Å². The number of carbonyl (C=O) groups is 1. The first-order valence-corrected chi connectivity index (χ1v) is 10.9. The van der Waals surface area contributed by atoms with Crippen molar-refractivity contribution >= 4 is 34.6 Å². The minimum absolute atomic E-state index is 0.103. The second-order valence-electron chi connectivity index (χ2n) is 8.11. The van der Waals surface area contributed by atoms with E-state index in [1.165, 1.54) is 12.1 Å². The SMILES string of the molecule is Cc1cccc(NC(=O)N2CCN(c3nc(N)nc4ncc(-c5ccc(F)cc5)nc34)CC2)c1. The third-order valence-electron chi connectivity index (χ3n) is 5.68. The van der Waals surface area contributed by atoms with Crippen molar-refractivity contribution in [2.24, 2.45) is 0 Å². The molecule has 172 valence electrons. The van der Waals surface area contributed by atoms with E-state index in [1.807, 2.05) is 36.1 Å². The Morgan fingerprint density at radius 3 is 2.53 bits per heavy atom. The van der Waals surface area contributed by atoms with E-state index in [2.05, 4.69) is 20.3 Å². The first-order valence-electron chi connectivity index (χ1n) is 10.9. The Kier molecular flexibility index (Phi) is 5.62. The second-order valence-corrected chi connectivity index (χ2v) is 8.11. The zero-order valence-corrected chi connectivity index (χ0v) is 18.6. The van der Waals surface area contributed by atoms with E-state index in [-0.39, 0.29) is 17.8 Å². The summed E-state index contributed by atoms with van der Waals surface area (Å²) in [4.78, 5) is 34.3. The molecule has 5 rings (SSSR count). The smallest absolute Gasteiger partial charge is 0.321 e. The van der Waals surface area contributed by atoms with Crippen LogP contribution in [0.2, 0.25) is 0 Å². The summed E-state index contributed by atoms with van der Waals surface area (Å²) in [5.74, 6) is 0.349. The van der Waals surface area contributed by atoms with Crippen LogP contribution in [0.25, 0.3) is 22.4 Å². The van der Waals surface area contributed by atoms with Crippen LogP contribution in [0.1, 0.15) is 5.56 Å². The maximum Gasteiger partial charge on any atom is 0.321 e. The van der Waals surface area contributed by atoms with Gasteiger partial charge < -0.3 is 20.9 Å². The Morgan fingerprint density at radius 1 is 1.03 bits per heavy atom. The topological polar surface area (TPSA) is 113 Å². The van der Waals surface area contributed by atoms with Gasteiger partial charge in [-0.05, 0) is 48.9 Å². The number of amides is 2. The average molecular weight is 459 g/mol. The lowest BCUT2D eigenvalue weighted by molar-refractivity contribution is 0.208. The Morgan fingerprint density at radius 2 is 1.79 bits per heavy atom. The summed E-state index contributed by atoms with van der Waals surface area (Å²) in [6.45, 7) is 4.10. The molecule has 2 amide bonds. The number of nitrogens with zero attached hydrogens (tertiary/aromatic N) is 6. The summed E-state index contributed by atoms with van der Waals surface area (Å²) in [6, 6.07) is 13.6. The number of benzene rings is 2. The Bertz CT molecular complexity index is 1350. The molecule has 1 saturated heterocycles. The number of halogens is 1. The van der Waals surface area contributed by atoms with Crippen molar-refractivity contribution in [3.8, 4) is 11.3 Å². The first kappa shape index (κ1) is 21.5. The number of hydrogen-bond acceptors (Lipinski definition) is 7. The van der Waals surface area contributed by atoms with E-state index in [0.29, 0.717) is 48.9 Å². The van der Waals surface area contributed by atoms with Crippen LogP contribution in [-0.2, 0) is 0 Å². The van der Waals surface area contributed by atoms with Gasteiger partial charge in [0.15, 0.2) is 17.0 Å². The zero-order valence-electron chi connectivity index (χ0n) is 18.6. The van der Waals surface area contributed by atoms with Crippen LogP contribution in [0.5, 0.6) is 0 Å². The second kappa shape index (κ2) is 8.89. The van der Waals surface area contributed by atoms with Gasteiger partial charge in [0.25, 0.3) is 0 Å². The fourth-order valence-corrected chi connectivity index (χ4v) is 3.94. The van der Waals surface area contributed by atoms with Gasteiger partial charge in [0.1, 0.15) is 5.82 Å². The first-order chi connectivity index (χ1) is 16.5. The van der Waals surface area contributed by atoms with Crippen LogP contribution in [0, 0.1) is 12.7 Å². The lowest BCUT2D eigenvalue weighted by Crippen LogP contribution is -2.50. The maximum atomic E-state index is 13.3. The standard InChI is InChI=1S/C24H23FN8O/c1-15-3-2-4-18(13-15)28-24(34)33-11-9-32(10-12-33)22-20-21(30-23(26)31-22)27-14-19(29-20)16-5-7-17(25)8-6-16/h2-8,13-14H,9-12H2,1H3,(H,28,34)(H2,26,27,30,31). The number of fused-ring (bicyclic) bond motifs is 1. The van der Waals surface area contributed by atoms with Crippen LogP contribution < -0.4 is 16.0 Å². The van der Waals surface area contributed by atoms with Crippen LogP contribution in [0.3, 0.4) is 0 Å². The molecule has 9 nitrogen and oxygen atoms in total. The van der Waals surface area contributed by atoms with E-state index in [0.717, 1.165) is 16.8 Å². The molecule has 1 fully saturated rings. The van der Waals surface area contributed by atoms with Crippen LogP contribution in [0.4, 0.5) is 26.6 Å².